The van der Waals surface area contributed by atoms with Crippen LogP contribution < -0.4 is 0 Å². The maximum Gasteiger partial charge on any atom is 4.00 e. The third-order valence-electron chi connectivity index (χ3n) is 3.17. The van der Waals surface area contributed by atoms with E-state index in [4.69, 9.17) is 0 Å². The second kappa shape index (κ2) is 11.3. The van der Waals surface area contributed by atoms with E-state index in [2.05, 4.69) is 49.4 Å². The van der Waals surface area contributed by atoms with E-state index in [0.29, 0.717) is 0 Å². The maximum absolute atomic E-state index is 3.30. The van der Waals surface area contributed by atoms with Gasteiger partial charge in [0.2, 0.25) is 0 Å². The third kappa shape index (κ3) is 5.14. The van der Waals surface area contributed by atoms with E-state index in [0.717, 1.165) is 6.42 Å². The van der Waals surface area contributed by atoms with Gasteiger partial charge < -0.3 is 14.4 Å². The Kier molecular flexibility index (Phi) is 10.6. The number of rotatable bonds is 0. The van der Waals surface area contributed by atoms with Crippen LogP contribution in [-0.4, -0.2) is 0 Å². The Bertz CT molecular complexity index is 563. The van der Waals surface area contributed by atoms with E-state index in [9.17, 15) is 0 Å². The van der Waals surface area contributed by atoms with Crippen LogP contribution in [0.5, 0.6) is 0 Å². The molecule has 0 heterocycles. The van der Waals surface area contributed by atoms with Gasteiger partial charge in [0.1, 0.15) is 0 Å². The fourth-order valence-corrected chi connectivity index (χ4v) is 2.32. The molecule has 0 N–H and O–H groups in total. The summed E-state index contributed by atoms with van der Waals surface area (Å²) in [6, 6.07) is 28.1. The van der Waals surface area contributed by atoms with Crippen LogP contribution in [0.25, 0.3) is 11.1 Å². The van der Waals surface area contributed by atoms with Crippen molar-refractivity contribution >= 4 is 0 Å². The Morgan fingerprint density at radius 2 is 1.55 bits per heavy atom. The Balaban J connectivity index is 0.000000422. The Hall–Kier alpha value is -1.34. The summed E-state index contributed by atoms with van der Waals surface area (Å²) in [5.74, 6) is 0. The molecule has 0 atom stereocenters. The number of hydrogen-bond acceptors (Lipinski definition) is 0. The van der Waals surface area contributed by atoms with E-state index in [1.54, 1.807) is 6.92 Å². The van der Waals surface area contributed by atoms with Gasteiger partial charge in [0.05, 0.1) is 0 Å². The molecule has 0 amide bonds. The first-order valence-corrected chi connectivity index (χ1v) is 6.90. The predicted molar refractivity (Wildman–Crippen MR) is 93.0 cm³/mol. The Morgan fingerprint density at radius 3 is 2.18 bits per heavy atom. The minimum absolute atomic E-state index is 0. The zero-order valence-electron chi connectivity index (χ0n) is 13.3. The molecule has 1 aliphatic rings. The SMILES string of the molecule is [CH2-]C.[CH3-].[Hf+4].[c-]1cccc2c1Cc1ccccc1-2.c1cc[cH-]c1. The molecular weight excluding hydrogens is 431 g/mol. The van der Waals surface area contributed by atoms with Gasteiger partial charge in [-0.05, 0) is 6.42 Å². The van der Waals surface area contributed by atoms with E-state index in [1.807, 2.05) is 36.4 Å². The summed E-state index contributed by atoms with van der Waals surface area (Å²) < 4.78 is 0. The summed E-state index contributed by atoms with van der Waals surface area (Å²) in [7, 11) is 0. The predicted octanol–water partition coefficient (Wildman–Crippen LogP) is 5.75. The molecule has 0 aromatic heterocycles. The molecule has 0 aliphatic heterocycles. The molecule has 3 aromatic carbocycles. The van der Waals surface area contributed by atoms with Gasteiger partial charge in [-0.2, -0.15) is 55.0 Å². The summed E-state index contributed by atoms with van der Waals surface area (Å²) in [6.45, 7) is 5.00. The zero-order chi connectivity index (χ0) is 14.2. The number of benzene rings is 2. The van der Waals surface area contributed by atoms with E-state index >= 15 is 0 Å². The van der Waals surface area contributed by atoms with Crippen molar-refractivity contribution in [2.45, 2.75) is 13.3 Å². The third-order valence-corrected chi connectivity index (χ3v) is 3.17. The smallest absolute Gasteiger partial charge is 0.358 e. The Labute approximate surface area is 154 Å². The maximum atomic E-state index is 3.30. The van der Waals surface area contributed by atoms with Crippen molar-refractivity contribution in [1.29, 1.82) is 0 Å². The summed E-state index contributed by atoms with van der Waals surface area (Å²) in [5, 5.41) is 0. The normalized spacial score (nSPS) is 9.36. The molecule has 0 radical (unpaired) electrons. The van der Waals surface area contributed by atoms with Crippen molar-refractivity contribution in [2.75, 3.05) is 0 Å². The van der Waals surface area contributed by atoms with Gasteiger partial charge in [-0.15, -0.1) is 5.56 Å². The summed E-state index contributed by atoms with van der Waals surface area (Å²) in [6.07, 6.45) is 1.05. The monoisotopic (exact) mass is 454 g/mol. The van der Waals surface area contributed by atoms with Gasteiger partial charge in [0.25, 0.3) is 0 Å². The minimum atomic E-state index is 0. The van der Waals surface area contributed by atoms with Gasteiger partial charge >= 0.3 is 25.8 Å². The fraction of sp³-hybridized carbons (Fsp3) is 0.0952. The topological polar surface area (TPSA) is 0 Å². The van der Waals surface area contributed by atoms with Crippen molar-refractivity contribution in [1.82, 2.24) is 0 Å². The largest absolute Gasteiger partial charge is 4.00 e. The molecule has 0 nitrogen and oxygen atoms in total. The van der Waals surface area contributed by atoms with Crippen LogP contribution in [-0.2, 0) is 32.3 Å². The van der Waals surface area contributed by atoms with Crippen LogP contribution in [0.4, 0.5) is 0 Å². The van der Waals surface area contributed by atoms with E-state index in [-0.39, 0.29) is 33.3 Å². The van der Waals surface area contributed by atoms with Gasteiger partial charge in [-0.1, -0.05) is 35.4 Å². The molecule has 0 unspecified atom stereocenters. The fourth-order valence-electron chi connectivity index (χ4n) is 2.32. The summed E-state index contributed by atoms with van der Waals surface area (Å²) in [5.41, 5.74) is 5.51. The molecule has 110 valence electrons. The van der Waals surface area contributed by atoms with Crippen molar-refractivity contribution in [2.24, 2.45) is 0 Å². The molecular formula is C21H22Hf. The molecule has 0 fully saturated rings. The first kappa shape index (κ1) is 20.7. The van der Waals surface area contributed by atoms with Crippen LogP contribution in [0.15, 0.2) is 72.8 Å². The average molecular weight is 453 g/mol. The molecule has 0 bridgehead atoms. The Morgan fingerprint density at radius 1 is 0.909 bits per heavy atom. The molecule has 0 spiro atoms. The van der Waals surface area contributed by atoms with Gasteiger partial charge in [0.15, 0.2) is 0 Å². The molecule has 3 aromatic rings. The summed E-state index contributed by atoms with van der Waals surface area (Å²) >= 11 is 0. The van der Waals surface area contributed by atoms with Crippen LogP contribution >= 0.6 is 0 Å². The number of hydrogen-bond donors (Lipinski definition) is 0. The van der Waals surface area contributed by atoms with Crippen LogP contribution in [0.2, 0.25) is 0 Å². The van der Waals surface area contributed by atoms with Crippen LogP contribution in [0, 0.1) is 20.4 Å². The second-order valence-electron chi connectivity index (χ2n) is 4.36. The van der Waals surface area contributed by atoms with E-state index < -0.39 is 0 Å². The van der Waals surface area contributed by atoms with Crippen molar-refractivity contribution in [3.05, 3.63) is 104 Å². The van der Waals surface area contributed by atoms with Crippen molar-refractivity contribution < 1.29 is 25.8 Å². The van der Waals surface area contributed by atoms with Gasteiger partial charge in [-0.3, -0.25) is 0 Å². The minimum Gasteiger partial charge on any atom is -0.358 e. The average Bonchev–Trinajstić information content (AvgIpc) is 3.20. The number of fused-ring (bicyclic) bond motifs is 3. The quantitative estimate of drug-likeness (QED) is 0.235. The van der Waals surface area contributed by atoms with E-state index in [1.165, 1.54) is 22.3 Å². The molecule has 4 rings (SSSR count). The van der Waals surface area contributed by atoms with Crippen LogP contribution in [0.1, 0.15) is 18.1 Å². The van der Waals surface area contributed by atoms with Gasteiger partial charge in [0, 0.05) is 0 Å². The molecule has 0 saturated heterocycles. The molecule has 0 saturated carbocycles. The first-order chi connectivity index (χ1) is 9.95. The second-order valence-corrected chi connectivity index (χ2v) is 4.36. The van der Waals surface area contributed by atoms with Crippen molar-refractivity contribution in [3.8, 4) is 11.1 Å². The first-order valence-electron chi connectivity index (χ1n) is 6.90. The zero-order valence-corrected chi connectivity index (χ0v) is 16.9. The van der Waals surface area contributed by atoms with Gasteiger partial charge in [-0.25, -0.2) is 12.1 Å². The molecule has 1 aliphatic carbocycles. The van der Waals surface area contributed by atoms with Crippen LogP contribution in [0.3, 0.4) is 0 Å². The molecule has 22 heavy (non-hydrogen) atoms. The standard InChI is InChI=1S/C13H9.C5H5.C2H5.CH3.Hf/c1-3-7-12-10(5-1)9-11-6-2-4-8-13(11)12;1-2-4-5-3-1;1-2;;/h1-5,7-8H,9H2;1-5H;1H2,2H3;1H3;/q4*-1;+4. The molecule has 1 heteroatoms. The summed E-state index contributed by atoms with van der Waals surface area (Å²) in [4.78, 5) is 0. The van der Waals surface area contributed by atoms with Crippen molar-refractivity contribution in [3.63, 3.8) is 0 Å².